The van der Waals surface area contributed by atoms with Gasteiger partial charge in [0.15, 0.2) is 0 Å². The molecule has 0 spiro atoms. The van der Waals surface area contributed by atoms with Crippen LogP contribution in [0, 0.1) is 0 Å². The summed E-state index contributed by atoms with van der Waals surface area (Å²) in [5, 5.41) is 9.58. The standard InChI is InChI=1S/C7H12BNO4/c1-4(9-8)6(11)7-5(10)2-12-3-13-7/h4,6-8,11H,2-3H2,1H3/t4-,6-,7+/m0/s1. The monoisotopic (exact) mass is 185 g/mol. The summed E-state index contributed by atoms with van der Waals surface area (Å²) in [6.45, 7) is 1.70. The Bertz CT molecular complexity index is 211. The van der Waals surface area contributed by atoms with Crippen LogP contribution in [0.5, 0.6) is 0 Å². The molecule has 1 fully saturated rings. The molecule has 0 radical (unpaired) electrons. The molecule has 0 aromatic carbocycles. The fourth-order valence-electron chi connectivity index (χ4n) is 1.09. The molecule has 6 heteroatoms. The van der Waals surface area contributed by atoms with Crippen molar-refractivity contribution >= 4 is 13.4 Å². The molecular weight excluding hydrogens is 173 g/mol. The van der Waals surface area contributed by atoms with Crippen molar-refractivity contribution in [3.05, 3.63) is 0 Å². The van der Waals surface area contributed by atoms with Crippen molar-refractivity contribution in [2.45, 2.75) is 25.2 Å². The Morgan fingerprint density at radius 1 is 1.77 bits per heavy atom. The van der Waals surface area contributed by atoms with Crippen molar-refractivity contribution < 1.29 is 19.4 Å². The van der Waals surface area contributed by atoms with E-state index in [9.17, 15) is 9.90 Å². The number of ether oxygens (including phenoxy) is 2. The van der Waals surface area contributed by atoms with E-state index in [0.29, 0.717) is 0 Å². The van der Waals surface area contributed by atoms with E-state index in [1.165, 1.54) is 0 Å². The van der Waals surface area contributed by atoms with Gasteiger partial charge in [-0.1, -0.05) is 0 Å². The third-order valence-corrected chi connectivity index (χ3v) is 1.99. The van der Waals surface area contributed by atoms with E-state index < -0.39 is 18.2 Å². The molecule has 1 saturated heterocycles. The normalized spacial score (nSPS) is 28.1. The van der Waals surface area contributed by atoms with Gasteiger partial charge in [0.05, 0.1) is 0 Å². The SMILES string of the molecule is B=N[C@@H](C)[C@H](O)[C@@H]1OCOCC1=O. The third-order valence-electron chi connectivity index (χ3n) is 1.99. The van der Waals surface area contributed by atoms with Gasteiger partial charge in [-0.15, -0.1) is 0 Å². The second kappa shape index (κ2) is 4.60. The molecule has 0 aromatic rings. The first-order valence-electron chi connectivity index (χ1n) is 4.02. The summed E-state index contributed by atoms with van der Waals surface area (Å²) in [5.74, 6) is -0.255. The molecule has 3 atom stereocenters. The van der Waals surface area contributed by atoms with Crippen LogP contribution in [0.3, 0.4) is 0 Å². The zero-order valence-electron chi connectivity index (χ0n) is 7.47. The van der Waals surface area contributed by atoms with Crippen LogP contribution < -0.4 is 0 Å². The molecule has 1 N–H and O–H groups in total. The van der Waals surface area contributed by atoms with Gasteiger partial charge >= 0.3 is 76.3 Å². The molecule has 0 bridgehead atoms. The van der Waals surface area contributed by atoms with Gasteiger partial charge in [0, 0.05) is 0 Å². The number of carbonyl (C=O) groups excluding carboxylic acids is 1. The maximum atomic E-state index is 11.2. The summed E-state index contributed by atoms with van der Waals surface area (Å²) in [7, 11) is 3.29. The molecule has 1 rings (SSSR count). The van der Waals surface area contributed by atoms with E-state index in [-0.39, 0.29) is 19.2 Å². The second-order valence-electron chi connectivity index (χ2n) is 2.93. The van der Waals surface area contributed by atoms with Gasteiger partial charge in [-0.25, -0.2) is 0 Å². The molecule has 1 aliphatic heterocycles. The average Bonchev–Trinajstić information content (AvgIpc) is 2.16. The van der Waals surface area contributed by atoms with Gasteiger partial charge in [0.2, 0.25) is 0 Å². The fourth-order valence-corrected chi connectivity index (χ4v) is 1.09. The molecule has 0 aliphatic carbocycles. The zero-order valence-corrected chi connectivity index (χ0v) is 7.47. The molecule has 1 aliphatic rings. The summed E-state index contributed by atoms with van der Waals surface area (Å²) >= 11 is 0. The molecule has 13 heavy (non-hydrogen) atoms. The van der Waals surface area contributed by atoms with Crippen LogP contribution in [0.2, 0.25) is 0 Å². The van der Waals surface area contributed by atoms with Crippen molar-refractivity contribution in [1.82, 2.24) is 0 Å². The predicted molar refractivity (Wildman–Crippen MR) is 45.7 cm³/mol. The van der Waals surface area contributed by atoms with E-state index in [0.717, 1.165) is 0 Å². The first-order valence-corrected chi connectivity index (χ1v) is 4.02. The van der Waals surface area contributed by atoms with Crippen LogP contribution in [-0.4, -0.2) is 50.2 Å². The number of aliphatic hydroxyl groups excluding tert-OH is 1. The summed E-state index contributed by atoms with van der Waals surface area (Å²) < 4.78 is 9.71. The zero-order chi connectivity index (χ0) is 9.84. The number of hydrogen-bond acceptors (Lipinski definition) is 5. The van der Waals surface area contributed by atoms with E-state index in [4.69, 9.17) is 9.47 Å². The quantitative estimate of drug-likeness (QED) is 0.558. The van der Waals surface area contributed by atoms with E-state index in [2.05, 4.69) is 12.5 Å². The molecular formula is C7H12BNO4. The molecule has 5 nitrogen and oxygen atoms in total. The molecule has 0 amide bonds. The Labute approximate surface area is 77.2 Å². The van der Waals surface area contributed by atoms with Crippen LogP contribution in [0.15, 0.2) is 4.90 Å². The molecule has 0 unspecified atom stereocenters. The Hall–Kier alpha value is -0.585. The molecule has 72 valence electrons. The third kappa shape index (κ3) is 2.43. The van der Waals surface area contributed by atoms with E-state index in [1.54, 1.807) is 6.92 Å². The fraction of sp³-hybridized carbons (Fsp3) is 0.857. The van der Waals surface area contributed by atoms with E-state index >= 15 is 0 Å². The van der Waals surface area contributed by atoms with Crippen LogP contribution >= 0.6 is 0 Å². The molecule has 0 aromatic heterocycles. The van der Waals surface area contributed by atoms with Crippen molar-refractivity contribution in [3.8, 4) is 0 Å². The topological polar surface area (TPSA) is 68.1 Å². The van der Waals surface area contributed by atoms with Crippen molar-refractivity contribution in [1.29, 1.82) is 0 Å². The van der Waals surface area contributed by atoms with Gasteiger partial charge in [0.1, 0.15) is 0 Å². The number of nitrogens with zero attached hydrogens (tertiary/aromatic N) is 1. The van der Waals surface area contributed by atoms with Gasteiger partial charge in [0.25, 0.3) is 0 Å². The van der Waals surface area contributed by atoms with E-state index in [1.807, 2.05) is 0 Å². The summed E-state index contributed by atoms with van der Waals surface area (Å²) in [4.78, 5) is 14.8. The number of ketones is 1. The number of Topliss-reactive ketones (excluding diaryl/α,β-unsaturated/α-hetero) is 1. The van der Waals surface area contributed by atoms with Gasteiger partial charge in [-0.3, -0.25) is 0 Å². The predicted octanol–water partition coefficient (Wildman–Crippen LogP) is -1.24. The van der Waals surface area contributed by atoms with Crippen molar-refractivity contribution in [2.24, 2.45) is 4.90 Å². The molecule has 1 heterocycles. The second-order valence-corrected chi connectivity index (χ2v) is 2.93. The van der Waals surface area contributed by atoms with Crippen molar-refractivity contribution in [2.75, 3.05) is 13.4 Å². The number of rotatable bonds is 3. The summed E-state index contributed by atoms with van der Waals surface area (Å²) in [5.41, 5.74) is 0. The first kappa shape index (κ1) is 10.5. The van der Waals surface area contributed by atoms with Crippen LogP contribution in [-0.2, 0) is 14.3 Å². The Balaban J connectivity index is 2.57. The average molecular weight is 185 g/mol. The van der Waals surface area contributed by atoms with Crippen molar-refractivity contribution in [3.63, 3.8) is 0 Å². The summed E-state index contributed by atoms with van der Waals surface area (Å²) in [6, 6.07) is -0.410. The Kier molecular flexibility index (Phi) is 3.71. The number of carbonyl (C=O) groups is 1. The van der Waals surface area contributed by atoms with Gasteiger partial charge in [-0.2, -0.15) is 0 Å². The van der Waals surface area contributed by atoms with Gasteiger partial charge < -0.3 is 0 Å². The minimum absolute atomic E-state index is 0.00834. The maximum absolute atomic E-state index is 11.2. The summed E-state index contributed by atoms with van der Waals surface area (Å²) in [6.07, 6.45) is -1.76. The van der Waals surface area contributed by atoms with Gasteiger partial charge in [-0.05, 0) is 0 Å². The van der Waals surface area contributed by atoms with Crippen LogP contribution in [0.25, 0.3) is 0 Å². The Morgan fingerprint density at radius 3 is 3.00 bits per heavy atom. The number of hydrogen-bond donors (Lipinski definition) is 1. The molecule has 0 saturated carbocycles. The first-order chi connectivity index (χ1) is 6.16. The van der Waals surface area contributed by atoms with Crippen LogP contribution in [0.1, 0.15) is 6.92 Å². The van der Waals surface area contributed by atoms with Crippen LogP contribution in [0.4, 0.5) is 0 Å². The minimum atomic E-state index is -0.936. The Morgan fingerprint density at radius 2 is 2.46 bits per heavy atom. The number of aliphatic hydroxyl groups is 1.